The minimum atomic E-state index is -0.472. The number of nitrogens with zero attached hydrogens (tertiary/aromatic N) is 4. The number of para-hydroxylation sites is 1. The minimum absolute atomic E-state index is 0. The summed E-state index contributed by atoms with van der Waals surface area (Å²) < 4.78 is 1.51. The van der Waals surface area contributed by atoms with Crippen LogP contribution >= 0.6 is 24.0 Å². The predicted octanol–water partition coefficient (Wildman–Crippen LogP) is 2.09. The number of rotatable bonds is 7. The van der Waals surface area contributed by atoms with E-state index in [0.29, 0.717) is 38.6 Å². The Morgan fingerprint density at radius 3 is 2.93 bits per heavy atom. The molecule has 156 valence electrons. The van der Waals surface area contributed by atoms with Crippen LogP contribution in [0.4, 0.5) is 11.4 Å². The van der Waals surface area contributed by atoms with Crippen molar-refractivity contribution in [2.24, 2.45) is 4.99 Å². The number of aromatic nitrogens is 2. The Labute approximate surface area is 185 Å². The molecule has 0 saturated heterocycles. The van der Waals surface area contributed by atoms with E-state index in [1.807, 2.05) is 31.2 Å². The molecule has 0 saturated carbocycles. The number of anilines is 1. The third-order valence-corrected chi connectivity index (χ3v) is 4.38. The number of fused-ring (bicyclic) bond motifs is 1. The molecule has 10 nitrogen and oxygen atoms in total. The molecule has 0 spiro atoms. The molecule has 1 atom stereocenters. The van der Waals surface area contributed by atoms with Crippen LogP contribution in [0.25, 0.3) is 0 Å². The van der Waals surface area contributed by atoms with Gasteiger partial charge in [0.25, 0.3) is 0 Å². The van der Waals surface area contributed by atoms with Gasteiger partial charge in [-0.05, 0) is 18.6 Å². The van der Waals surface area contributed by atoms with Crippen LogP contribution in [0.2, 0.25) is 0 Å². The van der Waals surface area contributed by atoms with E-state index in [0.717, 1.165) is 11.3 Å². The van der Waals surface area contributed by atoms with Gasteiger partial charge in [-0.15, -0.1) is 24.0 Å². The molecule has 0 fully saturated rings. The zero-order valence-electron chi connectivity index (χ0n) is 16.0. The normalized spacial score (nSPS) is 15.7. The lowest BCUT2D eigenvalue weighted by atomic mass is 9.91. The van der Waals surface area contributed by atoms with E-state index in [4.69, 9.17) is 0 Å². The summed E-state index contributed by atoms with van der Waals surface area (Å²) in [5, 5.41) is 23.9. The van der Waals surface area contributed by atoms with Crippen LogP contribution in [0.5, 0.6) is 0 Å². The van der Waals surface area contributed by atoms with E-state index in [2.05, 4.69) is 26.0 Å². The second kappa shape index (κ2) is 10.7. The fourth-order valence-corrected chi connectivity index (χ4v) is 3.07. The molecule has 3 N–H and O–H groups in total. The molecule has 11 heteroatoms. The van der Waals surface area contributed by atoms with Crippen LogP contribution in [0.3, 0.4) is 0 Å². The van der Waals surface area contributed by atoms with E-state index in [9.17, 15) is 14.9 Å². The van der Waals surface area contributed by atoms with E-state index in [-0.39, 0.29) is 41.5 Å². The number of carbonyl (C=O) groups is 1. The smallest absolute Gasteiger partial charge is 0.306 e. The number of hydrogen-bond donors (Lipinski definition) is 3. The van der Waals surface area contributed by atoms with Gasteiger partial charge in [0.15, 0.2) is 5.96 Å². The van der Waals surface area contributed by atoms with Gasteiger partial charge in [-0.25, -0.2) is 0 Å². The third kappa shape index (κ3) is 6.14. The maximum atomic E-state index is 11.9. The average molecular weight is 513 g/mol. The molecule has 2 aromatic rings. The number of amides is 1. The van der Waals surface area contributed by atoms with Gasteiger partial charge >= 0.3 is 5.69 Å². The largest absolute Gasteiger partial charge is 0.357 e. The molecule has 3 rings (SSSR count). The van der Waals surface area contributed by atoms with Crippen LogP contribution < -0.4 is 16.0 Å². The summed E-state index contributed by atoms with van der Waals surface area (Å²) >= 11 is 0. The summed E-state index contributed by atoms with van der Waals surface area (Å²) in [7, 11) is 0. The number of nitrogens with one attached hydrogen (secondary N) is 3. The van der Waals surface area contributed by atoms with Crippen molar-refractivity contribution in [3.8, 4) is 0 Å². The summed E-state index contributed by atoms with van der Waals surface area (Å²) in [5.74, 6) is 0.652. The van der Waals surface area contributed by atoms with Gasteiger partial charge in [0.05, 0.1) is 18.0 Å². The molecule has 2 heterocycles. The molecule has 1 aliphatic heterocycles. The Morgan fingerprint density at radius 1 is 1.41 bits per heavy atom. The Kier molecular flexibility index (Phi) is 8.36. The fraction of sp³-hybridized carbons (Fsp3) is 0.389. The third-order valence-electron chi connectivity index (χ3n) is 4.38. The zero-order chi connectivity index (χ0) is 19.9. The van der Waals surface area contributed by atoms with E-state index >= 15 is 0 Å². The molecular weight excluding hydrogens is 489 g/mol. The Bertz CT molecular complexity index is 884. The predicted molar refractivity (Wildman–Crippen MR) is 121 cm³/mol. The molecule has 0 radical (unpaired) electrons. The van der Waals surface area contributed by atoms with Gasteiger partial charge < -0.3 is 16.0 Å². The highest BCUT2D eigenvalue weighted by Gasteiger charge is 2.24. The minimum Gasteiger partial charge on any atom is -0.357 e. The lowest BCUT2D eigenvalue weighted by Crippen LogP contribution is -2.39. The number of carbonyl (C=O) groups excluding carboxylic acids is 1. The summed E-state index contributed by atoms with van der Waals surface area (Å²) in [6.07, 6.45) is 3.02. The summed E-state index contributed by atoms with van der Waals surface area (Å²) in [6.45, 7) is 4.12. The average Bonchev–Trinajstić information content (AvgIpc) is 3.15. The van der Waals surface area contributed by atoms with Crippen molar-refractivity contribution in [2.45, 2.75) is 25.8 Å². The molecule has 1 aliphatic rings. The second-order valence-electron chi connectivity index (χ2n) is 6.40. The summed E-state index contributed by atoms with van der Waals surface area (Å²) in [6, 6.07) is 7.77. The van der Waals surface area contributed by atoms with Crippen LogP contribution in [0.1, 0.15) is 24.8 Å². The second-order valence-corrected chi connectivity index (χ2v) is 6.40. The quantitative estimate of drug-likeness (QED) is 0.171. The van der Waals surface area contributed by atoms with Gasteiger partial charge in [0, 0.05) is 31.1 Å². The highest BCUT2D eigenvalue weighted by Crippen LogP contribution is 2.31. The fourth-order valence-electron chi connectivity index (χ4n) is 3.07. The highest BCUT2D eigenvalue weighted by atomic mass is 127. The zero-order valence-corrected chi connectivity index (χ0v) is 18.3. The molecule has 1 amide bonds. The Morgan fingerprint density at radius 2 is 2.21 bits per heavy atom. The van der Waals surface area contributed by atoms with E-state index in [1.54, 1.807) is 0 Å². The summed E-state index contributed by atoms with van der Waals surface area (Å²) in [5.41, 5.74) is 1.90. The molecule has 1 aromatic carbocycles. The molecular formula is C18H24IN7O3. The maximum Gasteiger partial charge on any atom is 0.306 e. The number of nitro groups is 1. The maximum absolute atomic E-state index is 11.9. The van der Waals surface area contributed by atoms with E-state index in [1.165, 1.54) is 17.1 Å². The Hall–Kier alpha value is -2.70. The molecule has 1 unspecified atom stereocenters. The van der Waals surface area contributed by atoms with Crippen LogP contribution in [0, 0.1) is 10.1 Å². The molecule has 1 aromatic heterocycles. The van der Waals surface area contributed by atoms with Crippen molar-refractivity contribution < 1.29 is 9.72 Å². The number of benzene rings is 1. The molecule has 0 aliphatic carbocycles. The lowest BCUT2D eigenvalue weighted by molar-refractivity contribution is -0.385. The van der Waals surface area contributed by atoms with Gasteiger partial charge in [-0.1, -0.05) is 18.2 Å². The number of halogens is 1. The van der Waals surface area contributed by atoms with Crippen molar-refractivity contribution in [3.63, 3.8) is 0 Å². The van der Waals surface area contributed by atoms with Gasteiger partial charge in [0.2, 0.25) is 5.91 Å². The first kappa shape index (κ1) is 22.6. The van der Waals surface area contributed by atoms with Crippen LogP contribution in [-0.2, 0) is 11.3 Å². The number of aliphatic imine (C=N–C) groups is 1. The number of guanidine groups is 1. The highest BCUT2D eigenvalue weighted by molar-refractivity contribution is 14.0. The monoisotopic (exact) mass is 513 g/mol. The first-order valence-electron chi connectivity index (χ1n) is 9.14. The standard InChI is InChI=1S/C18H23N7O3.HI/c1-2-19-18(20-7-8-24-12-14(11-22-24)25(27)28)21-10-13-9-17(26)23-16-6-4-3-5-15(13)16;/h3-6,11-13H,2,7-10H2,1H3,(H,23,26)(H2,19,20,21);1H. The molecule has 29 heavy (non-hydrogen) atoms. The topological polar surface area (TPSA) is 126 Å². The Balaban J connectivity index is 0.00000300. The van der Waals surface area contributed by atoms with Crippen molar-refractivity contribution in [3.05, 3.63) is 52.3 Å². The van der Waals surface area contributed by atoms with Crippen LogP contribution in [0.15, 0.2) is 41.7 Å². The van der Waals surface area contributed by atoms with Crippen molar-refractivity contribution >= 4 is 47.2 Å². The summed E-state index contributed by atoms with van der Waals surface area (Å²) in [4.78, 5) is 26.8. The van der Waals surface area contributed by atoms with Crippen molar-refractivity contribution in [1.82, 2.24) is 20.4 Å². The molecule has 0 bridgehead atoms. The van der Waals surface area contributed by atoms with Crippen molar-refractivity contribution in [1.29, 1.82) is 0 Å². The SMILES string of the molecule is CCNC(=NCC1CC(=O)Nc2ccccc21)NCCn1cc([N+](=O)[O-])cn1.I. The first-order chi connectivity index (χ1) is 13.6. The van der Waals surface area contributed by atoms with Crippen molar-refractivity contribution in [2.75, 3.05) is 25.0 Å². The van der Waals surface area contributed by atoms with Crippen LogP contribution in [-0.4, -0.2) is 46.2 Å². The van der Waals surface area contributed by atoms with Gasteiger partial charge in [0.1, 0.15) is 12.4 Å². The lowest BCUT2D eigenvalue weighted by Gasteiger charge is -2.24. The van der Waals surface area contributed by atoms with E-state index < -0.39 is 4.92 Å². The van der Waals surface area contributed by atoms with Gasteiger partial charge in [-0.2, -0.15) is 5.10 Å². The van der Waals surface area contributed by atoms with Gasteiger partial charge in [-0.3, -0.25) is 24.6 Å². The first-order valence-corrected chi connectivity index (χ1v) is 9.14. The number of hydrogen-bond acceptors (Lipinski definition) is 5.